The Bertz CT molecular complexity index is 213. The Morgan fingerprint density at radius 2 is 2.00 bits per heavy atom. The van der Waals surface area contributed by atoms with E-state index in [1.54, 1.807) is 0 Å². The summed E-state index contributed by atoms with van der Waals surface area (Å²) in [5.74, 6) is 0.879. The SMILES string of the molecule is CCCCC(CC)(CNC(C)C)COCC1CC1. The summed E-state index contributed by atoms with van der Waals surface area (Å²) < 4.78 is 6.00. The van der Waals surface area contributed by atoms with Crippen LogP contribution in [0, 0.1) is 11.3 Å². The molecule has 1 aliphatic carbocycles. The highest BCUT2D eigenvalue weighted by Crippen LogP contribution is 2.32. The number of ether oxygens (including phenoxy) is 1. The third kappa shape index (κ3) is 6.19. The summed E-state index contributed by atoms with van der Waals surface area (Å²) in [6.07, 6.45) is 7.89. The largest absolute Gasteiger partial charge is 0.381 e. The summed E-state index contributed by atoms with van der Waals surface area (Å²) in [5.41, 5.74) is 0.356. The Morgan fingerprint density at radius 3 is 2.50 bits per heavy atom. The van der Waals surface area contributed by atoms with Gasteiger partial charge in [0, 0.05) is 24.6 Å². The van der Waals surface area contributed by atoms with Crippen molar-refractivity contribution in [2.75, 3.05) is 19.8 Å². The van der Waals surface area contributed by atoms with Crippen LogP contribution >= 0.6 is 0 Å². The van der Waals surface area contributed by atoms with Crippen molar-refractivity contribution >= 4 is 0 Å². The number of hydrogen-bond acceptors (Lipinski definition) is 2. The molecule has 0 aromatic rings. The van der Waals surface area contributed by atoms with Gasteiger partial charge in [0.2, 0.25) is 0 Å². The molecule has 0 spiro atoms. The molecule has 0 saturated heterocycles. The highest BCUT2D eigenvalue weighted by Gasteiger charge is 2.29. The summed E-state index contributed by atoms with van der Waals surface area (Å²) >= 11 is 0. The highest BCUT2D eigenvalue weighted by atomic mass is 16.5. The van der Waals surface area contributed by atoms with Gasteiger partial charge in [-0.05, 0) is 31.6 Å². The van der Waals surface area contributed by atoms with Crippen molar-refractivity contribution in [3.05, 3.63) is 0 Å². The molecule has 1 fully saturated rings. The van der Waals surface area contributed by atoms with Gasteiger partial charge in [0.05, 0.1) is 6.61 Å². The van der Waals surface area contributed by atoms with Gasteiger partial charge in [0.1, 0.15) is 0 Å². The standard InChI is InChI=1S/C16H33NO/c1-5-7-10-16(6-2,12-17-14(3)4)13-18-11-15-8-9-15/h14-15,17H,5-13H2,1-4H3. The molecule has 0 aromatic heterocycles. The minimum absolute atomic E-state index is 0.356. The molecule has 0 bridgehead atoms. The molecule has 2 nitrogen and oxygen atoms in total. The smallest absolute Gasteiger partial charge is 0.0534 e. The number of rotatable bonds is 11. The van der Waals surface area contributed by atoms with E-state index in [0.717, 1.165) is 25.7 Å². The fraction of sp³-hybridized carbons (Fsp3) is 1.00. The van der Waals surface area contributed by atoms with E-state index in [4.69, 9.17) is 4.74 Å². The van der Waals surface area contributed by atoms with Crippen molar-refractivity contribution in [3.63, 3.8) is 0 Å². The first kappa shape index (κ1) is 16.0. The summed E-state index contributed by atoms with van der Waals surface area (Å²) in [5, 5.41) is 3.62. The van der Waals surface area contributed by atoms with Crippen LogP contribution in [0.15, 0.2) is 0 Å². The van der Waals surface area contributed by atoms with Crippen LogP contribution in [0.25, 0.3) is 0 Å². The number of hydrogen-bond donors (Lipinski definition) is 1. The Morgan fingerprint density at radius 1 is 1.28 bits per heavy atom. The maximum absolute atomic E-state index is 6.00. The van der Waals surface area contributed by atoms with Crippen LogP contribution in [0.5, 0.6) is 0 Å². The lowest BCUT2D eigenvalue weighted by Crippen LogP contribution is -2.40. The normalized spacial score (nSPS) is 19.2. The molecule has 1 unspecified atom stereocenters. The van der Waals surface area contributed by atoms with E-state index >= 15 is 0 Å². The van der Waals surface area contributed by atoms with Crippen LogP contribution in [0.3, 0.4) is 0 Å². The molecule has 18 heavy (non-hydrogen) atoms. The van der Waals surface area contributed by atoms with E-state index in [-0.39, 0.29) is 0 Å². The van der Waals surface area contributed by atoms with Gasteiger partial charge in [-0.1, -0.05) is 40.5 Å². The maximum atomic E-state index is 6.00. The maximum Gasteiger partial charge on any atom is 0.0534 e. The molecule has 2 heteroatoms. The van der Waals surface area contributed by atoms with Gasteiger partial charge in [0.25, 0.3) is 0 Å². The molecule has 1 aliphatic rings. The van der Waals surface area contributed by atoms with E-state index < -0.39 is 0 Å². The molecule has 1 atom stereocenters. The van der Waals surface area contributed by atoms with Gasteiger partial charge in [-0.25, -0.2) is 0 Å². The lowest BCUT2D eigenvalue weighted by molar-refractivity contribution is 0.0274. The second-order valence-corrected chi connectivity index (χ2v) is 6.45. The predicted octanol–water partition coefficient (Wildman–Crippen LogP) is 4.00. The average Bonchev–Trinajstić information content (AvgIpc) is 3.16. The lowest BCUT2D eigenvalue weighted by atomic mass is 9.80. The van der Waals surface area contributed by atoms with Crippen molar-refractivity contribution in [2.24, 2.45) is 11.3 Å². The van der Waals surface area contributed by atoms with Crippen molar-refractivity contribution in [3.8, 4) is 0 Å². The van der Waals surface area contributed by atoms with Gasteiger partial charge >= 0.3 is 0 Å². The summed E-state index contributed by atoms with van der Waals surface area (Å²) in [4.78, 5) is 0. The molecule has 0 aliphatic heterocycles. The molecule has 108 valence electrons. The summed E-state index contributed by atoms with van der Waals surface area (Å²) in [6, 6.07) is 0.570. The van der Waals surface area contributed by atoms with Gasteiger partial charge in [-0.3, -0.25) is 0 Å². The van der Waals surface area contributed by atoms with E-state index in [9.17, 15) is 0 Å². The molecule has 0 aromatic carbocycles. The Hall–Kier alpha value is -0.0800. The topological polar surface area (TPSA) is 21.3 Å². The summed E-state index contributed by atoms with van der Waals surface area (Å²) in [6.45, 7) is 12.1. The summed E-state index contributed by atoms with van der Waals surface area (Å²) in [7, 11) is 0. The van der Waals surface area contributed by atoms with Gasteiger partial charge in [-0.2, -0.15) is 0 Å². The van der Waals surface area contributed by atoms with Crippen molar-refractivity contribution in [1.29, 1.82) is 0 Å². The lowest BCUT2D eigenvalue weighted by Gasteiger charge is -2.34. The number of nitrogens with one attached hydrogen (secondary N) is 1. The zero-order valence-corrected chi connectivity index (χ0v) is 12.9. The van der Waals surface area contributed by atoms with Crippen LogP contribution in [0.1, 0.15) is 66.2 Å². The molecule has 1 saturated carbocycles. The number of unbranched alkanes of at least 4 members (excludes halogenated alkanes) is 1. The van der Waals surface area contributed by atoms with E-state index in [2.05, 4.69) is 33.0 Å². The average molecular weight is 255 g/mol. The van der Waals surface area contributed by atoms with Crippen molar-refractivity contribution in [1.82, 2.24) is 5.32 Å². The fourth-order valence-electron chi connectivity index (χ4n) is 2.31. The molecule has 1 rings (SSSR count). The van der Waals surface area contributed by atoms with Crippen LogP contribution in [-0.4, -0.2) is 25.8 Å². The Balaban J connectivity index is 2.39. The van der Waals surface area contributed by atoms with Crippen molar-refractivity contribution in [2.45, 2.75) is 72.3 Å². The third-order valence-corrected chi connectivity index (χ3v) is 4.15. The Labute approximate surface area is 114 Å². The first-order chi connectivity index (χ1) is 8.62. The Kier molecular flexibility index (Phi) is 7.25. The van der Waals surface area contributed by atoms with Gasteiger partial charge in [0.15, 0.2) is 0 Å². The van der Waals surface area contributed by atoms with Crippen LogP contribution in [-0.2, 0) is 4.74 Å². The minimum Gasteiger partial charge on any atom is -0.381 e. The highest BCUT2D eigenvalue weighted by molar-refractivity contribution is 4.82. The van der Waals surface area contributed by atoms with E-state index in [1.807, 2.05) is 0 Å². The molecule has 1 N–H and O–H groups in total. The van der Waals surface area contributed by atoms with Crippen LogP contribution < -0.4 is 5.32 Å². The monoisotopic (exact) mass is 255 g/mol. The quantitative estimate of drug-likeness (QED) is 0.602. The van der Waals surface area contributed by atoms with Crippen LogP contribution in [0.2, 0.25) is 0 Å². The van der Waals surface area contributed by atoms with Gasteiger partial charge < -0.3 is 10.1 Å². The molecular weight excluding hydrogens is 222 g/mol. The first-order valence-corrected chi connectivity index (χ1v) is 7.93. The van der Waals surface area contributed by atoms with E-state index in [0.29, 0.717) is 11.5 Å². The second-order valence-electron chi connectivity index (χ2n) is 6.45. The zero-order valence-electron chi connectivity index (χ0n) is 12.9. The third-order valence-electron chi connectivity index (χ3n) is 4.15. The van der Waals surface area contributed by atoms with Crippen LogP contribution in [0.4, 0.5) is 0 Å². The first-order valence-electron chi connectivity index (χ1n) is 7.93. The molecule has 0 radical (unpaired) electrons. The second kappa shape index (κ2) is 8.16. The predicted molar refractivity (Wildman–Crippen MR) is 78.9 cm³/mol. The van der Waals surface area contributed by atoms with Gasteiger partial charge in [-0.15, -0.1) is 0 Å². The molecule has 0 heterocycles. The fourth-order valence-corrected chi connectivity index (χ4v) is 2.31. The van der Waals surface area contributed by atoms with E-state index in [1.165, 1.54) is 38.5 Å². The minimum atomic E-state index is 0.356. The van der Waals surface area contributed by atoms with Crippen molar-refractivity contribution < 1.29 is 4.74 Å². The molecule has 0 amide bonds. The molecular formula is C16H33NO. The zero-order chi connectivity index (χ0) is 13.4.